The summed E-state index contributed by atoms with van der Waals surface area (Å²) in [5.41, 5.74) is 5.33. The molecule has 1 aliphatic rings. The highest BCUT2D eigenvalue weighted by atomic mass is 19.3. The number of H-pyrrole nitrogens is 1. The number of hydrogen-bond acceptors (Lipinski definition) is 3. The highest BCUT2D eigenvalue weighted by Crippen LogP contribution is 2.40. The Morgan fingerprint density at radius 2 is 1.62 bits per heavy atom. The van der Waals surface area contributed by atoms with Crippen LogP contribution >= 0.6 is 0 Å². The molecule has 1 aromatic heterocycles. The molecular weight excluding hydrogens is 528 g/mol. The van der Waals surface area contributed by atoms with Crippen molar-refractivity contribution in [2.45, 2.75) is 70.7 Å². The van der Waals surface area contributed by atoms with Crippen LogP contribution in [0.15, 0.2) is 85.1 Å². The van der Waals surface area contributed by atoms with Crippen LogP contribution in [0.5, 0.6) is 5.75 Å². The molecule has 0 bridgehead atoms. The molecule has 5 aromatic rings. The molecule has 0 saturated carbocycles. The SMILES string of the molecule is CN(c1c[nH]c2cc(-c3cc4ccc(C(F)F)cc4cc3OCc3ccccc3)ccc12)C1CC(C)(C)NC(C)(C)C1. The van der Waals surface area contributed by atoms with Crippen molar-refractivity contribution >= 4 is 27.4 Å². The van der Waals surface area contributed by atoms with Crippen LogP contribution in [-0.4, -0.2) is 29.2 Å². The van der Waals surface area contributed by atoms with Crippen LogP contribution < -0.4 is 15.0 Å². The summed E-state index contributed by atoms with van der Waals surface area (Å²) in [6.07, 6.45) is 1.71. The van der Waals surface area contributed by atoms with E-state index in [1.165, 1.54) is 17.1 Å². The summed E-state index contributed by atoms with van der Waals surface area (Å²) in [4.78, 5) is 5.94. The fourth-order valence-corrected chi connectivity index (χ4v) is 6.82. The second-order valence-electron chi connectivity index (χ2n) is 13.0. The van der Waals surface area contributed by atoms with Gasteiger partial charge in [0.05, 0.1) is 5.69 Å². The van der Waals surface area contributed by atoms with Crippen molar-refractivity contribution in [3.8, 4) is 16.9 Å². The van der Waals surface area contributed by atoms with E-state index < -0.39 is 6.43 Å². The molecule has 4 aromatic carbocycles. The number of rotatable bonds is 7. The largest absolute Gasteiger partial charge is 0.488 e. The molecule has 4 nitrogen and oxygen atoms in total. The smallest absolute Gasteiger partial charge is 0.263 e. The predicted molar refractivity (Wildman–Crippen MR) is 170 cm³/mol. The van der Waals surface area contributed by atoms with Crippen molar-refractivity contribution in [2.75, 3.05) is 11.9 Å². The number of piperidine rings is 1. The Labute approximate surface area is 246 Å². The number of nitrogens with one attached hydrogen (secondary N) is 2. The summed E-state index contributed by atoms with van der Waals surface area (Å²) >= 11 is 0. The third kappa shape index (κ3) is 5.73. The number of halogens is 2. The Morgan fingerprint density at radius 1 is 0.881 bits per heavy atom. The lowest BCUT2D eigenvalue weighted by molar-refractivity contribution is 0.151. The van der Waals surface area contributed by atoms with Gasteiger partial charge in [-0.05, 0) is 86.7 Å². The first-order chi connectivity index (χ1) is 20.0. The van der Waals surface area contributed by atoms with E-state index in [1.54, 1.807) is 12.1 Å². The maximum absolute atomic E-state index is 13.5. The van der Waals surface area contributed by atoms with Crippen LogP contribution in [0.25, 0.3) is 32.8 Å². The van der Waals surface area contributed by atoms with Crippen LogP contribution in [0, 0.1) is 0 Å². The molecule has 2 N–H and O–H groups in total. The third-order valence-electron chi connectivity index (χ3n) is 8.52. The average Bonchev–Trinajstić information content (AvgIpc) is 3.37. The van der Waals surface area contributed by atoms with Gasteiger partial charge in [-0.2, -0.15) is 0 Å². The molecule has 42 heavy (non-hydrogen) atoms. The number of fused-ring (bicyclic) bond motifs is 2. The van der Waals surface area contributed by atoms with Gasteiger partial charge in [0.25, 0.3) is 6.43 Å². The minimum Gasteiger partial charge on any atom is -0.488 e. The lowest BCUT2D eigenvalue weighted by Gasteiger charge is -2.49. The highest BCUT2D eigenvalue weighted by Gasteiger charge is 2.39. The van der Waals surface area contributed by atoms with E-state index in [1.807, 2.05) is 42.5 Å². The Kier molecular flexibility index (Phi) is 7.22. The summed E-state index contributed by atoms with van der Waals surface area (Å²) < 4.78 is 33.3. The predicted octanol–water partition coefficient (Wildman–Crippen LogP) is 9.25. The minimum absolute atomic E-state index is 0.00855. The number of anilines is 1. The van der Waals surface area contributed by atoms with Crippen LogP contribution in [0.4, 0.5) is 14.5 Å². The fourth-order valence-electron chi connectivity index (χ4n) is 6.82. The van der Waals surface area contributed by atoms with Crippen LogP contribution in [0.1, 0.15) is 58.1 Å². The Morgan fingerprint density at radius 3 is 2.33 bits per heavy atom. The zero-order valence-electron chi connectivity index (χ0n) is 25.0. The quantitative estimate of drug-likeness (QED) is 0.206. The first-order valence-electron chi connectivity index (χ1n) is 14.6. The van der Waals surface area contributed by atoms with Crippen molar-refractivity contribution < 1.29 is 13.5 Å². The molecule has 218 valence electrons. The van der Waals surface area contributed by atoms with Crippen molar-refractivity contribution in [1.82, 2.24) is 10.3 Å². The summed E-state index contributed by atoms with van der Waals surface area (Å²) in [6.45, 7) is 9.52. The van der Waals surface area contributed by atoms with Gasteiger partial charge in [0, 0.05) is 52.4 Å². The number of hydrogen-bond donors (Lipinski definition) is 2. The van der Waals surface area contributed by atoms with E-state index in [0.29, 0.717) is 18.4 Å². The molecule has 2 heterocycles. The van der Waals surface area contributed by atoms with E-state index in [-0.39, 0.29) is 16.6 Å². The Bertz CT molecular complexity index is 1710. The van der Waals surface area contributed by atoms with Gasteiger partial charge in [0.2, 0.25) is 0 Å². The van der Waals surface area contributed by atoms with Gasteiger partial charge in [-0.15, -0.1) is 0 Å². The number of benzene rings is 4. The topological polar surface area (TPSA) is 40.3 Å². The van der Waals surface area contributed by atoms with Crippen molar-refractivity contribution in [3.63, 3.8) is 0 Å². The molecule has 6 rings (SSSR count). The average molecular weight is 568 g/mol. The molecule has 0 unspecified atom stereocenters. The van der Waals surface area contributed by atoms with E-state index in [9.17, 15) is 8.78 Å². The summed E-state index contributed by atoms with van der Waals surface area (Å²) in [7, 11) is 2.20. The molecule has 1 fully saturated rings. The zero-order chi connectivity index (χ0) is 29.6. The first-order valence-corrected chi connectivity index (χ1v) is 14.6. The fraction of sp³-hybridized carbons (Fsp3) is 0.333. The van der Waals surface area contributed by atoms with Crippen molar-refractivity contribution in [3.05, 3.63) is 96.2 Å². The van der Waals surface area contributed by atoms with Gasteiger partial charge >= 0.3 is 0 Å². The molecule has 0 amide bonds. The van der Waals surface area contributed by atoms with Gasteiger partial charge < -0.3 is 19.9 Å². The summed E-state index contributed by atoms with van der Waals surface area (Å²) in [5, 5.41) is 6.59. The molecule has 0 spiro atoms. The standard InChI is InChI=1S/C36H39F2N3O/c1-35(2)19-28(20-36(3,4)40-35)41(5)32-21-39-31-17-25(13-14-29(31)32)30-16-24-11-12-26(34(37)38)15-27(24)18-33(30)42-22-23-9-7-6-8-10-23/h6-18,21,28,34,39-40H,19-20,22H2,1-5H3. The number of nitrogens with zero attached hydrogens (tertiary/aromatic N) is 1. The van der Waals surface area contributed by atoms with Crippen LogP contribution in [0.2, 0.25) is 0 Å². The molecule has 0 aliphatic carbocycles. The van der Waals surface area contributed by atoms with E-state index in [0.717, 1.165) is 45.8 Å². The second-order valence-corrected chi connectivity index (χ2v) is 13.0. The van der Waals surface area contributed by atoms with E-state index in [4.69, 9.17) is 4.74 Å². The number of alkyl halides is 2. The van der Waals surface area contributed by atoms with Gasteiger partial charge in [-0.3, -0.25) is 0 Å². The van der Waals surface area contributed by atoms with Crippen molar-refractivity contribution in [1.29, 1.82) is 0 Å². The Balaban J connectivity index is 1.37. The number of ether oxygens (including phenoxy) is 1. The van der Waals surface area contributed by atoms with Crippen LogP contribution in [-0.2, 0) is 6.61 Å². The molecule has 1 aliphatic heterocycles. The molecule has 6 heteroatoms. The third-order valence-corrected chi connectivity index (χ3v) is 8.52. The van der Waals surface area contributed by atoms with Gasteiger partial charge in [0.15, 0.2) is 0 Å². The van der Waals surface area contributed by atoms with Crippen molar-refractivity contribution in [2.24, 2.45) is 0 Å². The van der Waals surface area contributed by atoms with Crippen LogP contribution in [0.3, 0.4) is 0 Å². The zero-order valence-corrected chi connectivity index (χ0v) is 25.0. The highest BCUT2D eigenvalue weighted by molar-refractivity contribution is 5.97. The van der Waals surface area contributed by atoms with E-state index in [2.05, 4.69) is 74.3 Å². The van der Waals surface area contributed by atoms with Gasteiger partial charge in [-0.25, -0.2) is 8.78 Å². The second kappa shape index (κ2) is 10.7. The molecule has 1 saturated heterocycles. The molecule has 0 radical (unpaired) electrons. The molecule has 0 atom stereocenters. The Hall–Kier alpha value is -3.90. The number of aromatic amines is 1. The van der Waals surface area contributed by atoms with Gasteiger partial charge in [0.1, 0.15) is 12.4 Å². The van der Waals surface area contributed by atoms with Gasteiger partial charge in [-0.1, -0.05) is 54.6 Å². The number of aromatic nitrogens is 1. The maximum Gasteiger partial charge on any atom is 0.263 e. The van der Waals surface area contributed by atoms with E-state index >= 15 is 0 Å². The summed E-state index contributed by atoms with van der Waals surface area (Å²) in [6, 6.07) is 25.6. The minimum atomic E-state index is -2.52. The maximum atomic E-state index is 13.5. The first kappa shape index (κ1) is 28.2. The lowest BCUT2D eigenvalue weighted by Crippen LogP contribution is -2.61. The normalized spacial score (nSPS) is 16.8. The molecular formula is C36H39F2N3O. The lowest BCUT2D eigenvalue weighted by atomic mass is 9.79. The summed E-state index contributed by atoms with van der Waals surface area (Å²) in [5.74, 6) is 0.667. The monoisotopic (exact) mass is 567 g/mol.